The van der Waals surface area contributed by atoms with Gasteiger partial charge in [0, 0.05) is 29.8 Å². The summed E-state index contributed by atoms with van der Waals surface area (Å²) in [6, 6.07) is 14.9. The second-order valence-corrected chi connectivity index (χ2v) is 8.83. The molecule has 1 fully saturated rings. The second kappa shape index (κ2) is 6.27. The first-order chi connectivity index (χ1) is 13.0. The van der Waals surface area contributed by atoms with E-state index in [-0.39, 0.29) is 11.8 Å². The van der Waals surface area contributed by atoms with Crippen molar-refractivity contribution in [2.24, 2.45) is 11.0 Å². The van der Waals surface area contributed by atoms with Crippen LogP contribution in [0.5, 0.6) is 5.75 Å². The van der Waals surface area contributed by atoms with Gasteiger partial charge in [-0.15, -0.1) is 0 Å². The van der Waals surface area contributed by atoms with Crippen molar-refractivity contribution in [1.82, 2.24) is 5.01 Å². The summed E-state index contributed by atoms with van der Waals surface area (Å²) in [4.78, 5) is 0. The van der Waals surface area contributed by atoms with Crippen molar-refractivity contribution >= 4 is 17.3 Å². The van der Waals surface area contributed by atoms with Crippen molar-refractivity contribution in [1.29, 1.82) is 0 Å². The molecule has 2 aliphatic heterocycles. The Labute approximate surface area is 166 Å². The third-order valence-electron chi connectivity index (χ3n) is 6.39. The molecule has 0 radical (unpaired) electrons. The van der Waals surface area contributed by atoms with Crippen LogP contribution in [0.1, 0.15) is 61.8 Å². The minimum absolute atomic E-state index is 0.257. The molecule has 0 bridgehead atoms. The van der Waals surface area contributed by atoms with E-state index in [0.29, 0.717) is 0 Å². The van der Waals surface area contributed by atoms with Crippen LogP contribution in [-0.2, 0) is 0 Å². The predicted molar refractivity (Wildman–Crippen MR) is 109 cm³/mol. The number of halogens is 1. The minimum Gasteiger partial charge on any atom is -0.466 e. The largest absolute Gasteiger partial charge is 0.466 e. The van der Waals surface area contributed by atoms with Crippen LogP contribution >= 0.6 is 11.6 Å². The zero-order chi connectivity index (χ0) is 18.6. The lowest BCUT2D eigenvalue weighted by molar-refractivity contribution is -0.145. The lowest BCUT2D eigenvalue weighted by atomic mass is 9.82. The summed E-state index contributed by atoms with van der Waals surface area (Å²) in [7, 11) is 0. The Morgan fingerprint density at radius 1 is 1.11 bits per heavy atom. The summed E-state index contributed by atoms with van der Waals surface area (Å²) in [6.45, 7) is 4.49. The van der Waals surface area contributed by atoms with Crippen LogP contribution in [0.2, 0.25) is 5.02 Å². The van der Waals surface area contributed by atoms with Crippen LogP contribution in [0.3, 0.4) is 0 Å². The molecule has 1 atom stereocenters. The molecule has 0 amide bonds. The minimum atomic E-state index is -0.298. The molecule has 4 heteroatoms. The number of benzene rings is 2. The Morgan fingerprint density at radius 2 is 1.85 bits per heavy atom. The highest BCUT2D eigenvalue weighted by Crippen LogP contribution is 2.52. The van der Waals surface area contributed by atoms with Crippen LogP contribution in [0.25, 0.3) is 0 Å². The fraction of sp³-hybridized carbons (Fsp3) is 0.435. The Kier molecular flexibility index (Phi) is 3.98. The number of rotatable bonds is 1. The van der Waals surface area contributed by atoms with E-state index < -0.39 is 0 Å². The Morgan fingerprint density at radius 3 is 2.59 bits per heavy atom. The molecule has 1 saturated carbocycles. The van der Waals surface area contributed by atoms with Gasteiger partial charge in [-0.05, 0) is 49.4 Å². The molecule has 0 aromatic heterocycles. The molecule has 3 aliphatic rings. The van der Waals surface area contributed by atoms with Crippen molar-refractivity contribution in [3.8, 4) is 5.75 Å². The molecular weight excluding hydrogens is 356 g/mol. The van der Waals surface area contributed by atoms with Gasteiger partial charge in [-0.3, -0.25) is 0 Å². The molecule has 2 heterocycles. The topological polar surface area (TPSA) is 24.8 Å². The molecular formula is C23H25ClN2O. The lowest BCUT2D eigenvalue weighted by Crippen LogP contribution is -2.55. The van der Waals surface area contributed by atoms with E-state index in [1.54, 1.807) is 0 Å². The summed E-state index contributed by atoms with van der Waals surface area (Å²) in [5, 5.41) is 8.18. The fourth-order valence-electron chi connectivity index (χ4n) is 4.76. The number of hydrazone groups is 1. The van der Waals surface area contributed by atoms with Crippen LogP contribution in [0.15, 0.2) is 47.6 Å². The average Bonchev–Trinajstić information content (AvgIpc) is 3.12. The third-order valence-corrected chi connectivity index (χ3v) is 6.64. The van der Waals surface area contributed by atoms with Gasteiger partial charge in [-0.2, -0.15) is 5.10 Å². The first kappa shape index (κ1) is 17.1. The van der Waals surface area contributed by atoms with E-state index in [1.165, 1.54) is 24.0 Å². The van der Waals surface area contributed by atoms with Crippen molar-refractivity contribution in [3.05, 3.63) is 64.2 Å². The van der Waals surface area contributed by atoms with Gasteiger partial charge in [-0.1, -0.05) is 48.4 Å². The van der Waals surface area contributed by atoms with Gasteiger partial charge in [0.2, 0.25) is 0 Å². The normalized spacial score (nSPS) is 29.1. The van der Waals surface area contributed by atoms with Gasteiger partial charge in [0.1, 0.15) is 5.75 Å². The van der Waals surface area contributed by atoms with Gasteiger partial charge in [0.15, 0.2) is 5.72 Å². The second-order valence-electron chi connectivity index (χ2n) is 8.39. The lowest BCUT2D eigenvalue weighted by Gasteiger charge is -2.50. The molecule has 3 nitrogen and oxygen atoms in total. The summed E-state index contributed by atoms with van der Waals surface area (Å²) in [5.41, 5.74) is 4.53. The molecule has 140 valence electrons. The Bertz CT molecular complexity index is 897. The number of ether oxygens (including phenoxy) is 1. The molecule has 0 saturated heterocycles. The standard InChI is InChI=1S/C23H25ClN2O/c1-15-9-11-23(12-10-15)26-21(19-13-16(2)3-8-22(19)27-23)14-20(25-26)17-4-6-18(24)7-5-17/h3-8,13,15,21H,9-12,14H2,1-2H3/t15?,21-,23?/m1/s1. The molecule has 27 heavy (non-hydrogen) atoms. The third kappa shape index (κ3) is 2.84. The predicted octanol–water partition coefficient (Wildman–Crippen LogP) is 6.10. The summed E-state index contributed by atoms with van der Waals surface area (Å²) in [6.07, 6.45) is 5.37. The van der Waals surface area contributed by atoms with Gasteiger partial charge < -0.3 is 4.74 Å². The maximum atomic E-state index is 6.68. The molecule has 1 spiro atoms. The van der Waals surface area contributed by atoms with Gasteiger partial charge >= 0.3 is 0 Å². The number of hydrogen-bond acceptors (Lipinski definition) is 3. The fourth-order valence-corrected chi connectivity index (χ4v) is 4.89. The van der Waals surface area contributed by atoms with Crippen molar-refractivity contribution in [3.63, 3.8) is 0 Å². The number of aryl methyl sites for hydroxylation is 1. The van der Waals surface area contributed by atoms with Crippen molar-refractivity contribution in [2.45, 2.75) is 57.7 Å². The van der Waals surface area contributed by atoms with Crippen LogP contribution in [0, 0.1) is 12.8 Å². The van der Waals surface area contributed by atoms with Crippen molar-refractivity contribution < 1.29 is 4.74 Å². The first-order valence-electron chi connectivity index (χ1n) is 9.96. The molecule has 1 aliphatic carbocycles. The first-order valence-corrected chi connectivity index (χ1v) is 10.3. The Hall–Kier alpha value is -2.00. The number of fused-ring (bicyclic) bond motifs is 4. The maximum absolute atomic E-state index is 6.68. The van der Waals surface area contributed by atoms with Crippen LogP contribution in [0.4, 0.5) is 0 Å². The summed E-state index contributed by atoms with van der Waals surface area (Å²) < 4.78 is 6.68. The van der Waals surface area contributed by atoms with E-state index in [0.717, 1.165) is 47.2 Å². The van der Waals surface area contributed by atoms with Gasteiger partial charge in [-0.25, -0.2) is 5.01 Å². The van der Waals surface area contributed by atoms with Crippen LogP contribution < -0.4 is 4.74 Å². The van der Waals surface area contributed by atoms with E-state index in [1.807, 2.05) is 12.1 Å². The molecule has 0 unspecified atom stereocenters. The zero-order valence-corrected chi connectivity index (χ0v) is 16.7. The molecule has 2 aromatic carbocycles. The summed E-state index contributed by atoms with van der Waals surface area (Å²) in [5.74, 6) is 1.81. The van der Waals surface area contributed by atoms with Crippen LogP contribution in [-0.4, -0.2) is 16.4 Å². The summed E-state index contributed by atoms with van der Waals surface area (Å²) >= 11 is 6.08. The number of hydrogen-bond donors (Lipinski definition) is 0. The highest BCUT2D eigenvalue weighted by Gasteiger charge is 2.51. The average molecular weight is 381 g/mol. The van der Waals surface area contributed by atoms with E-state index in [9.17, 15) is 0 Å². The van der Waals surface area contributed by atoms with Gasteiger partial charge in [0.25, 0.3) is 0 Å². The number of nitrogens with zero attached hydrogens (tertiary/aromatic N) is 2. The maximum Gasteiger partial charge on any atom is 0.198 e. The molecule has 2 aromatic rings. The Balaban J connectivity index is 1.58. The SMILES string of the molecule is Cc1ccc2c(c1)[C@H]1CC(c3ccc(Cl)cc3)=NN1C1(CCC(C)CC1)O2. The van der Waals surface area contributed by atoms with Crippen molar-refractivity contribution in [2.75, 3.05) is 0 Å². The van der Waals surface area contributed by atoms with Gasteiger partial charge in [0.05, 0.1) is 11.8 Å². The smallest absolute Gasteiger partial charge is 0.198 e. The quantitative estimate of drug-likeness (QED) is 0.597. The monoisotopic (exact) mass is 380 g/mol. The molecule has 0 N–H and O–H groups in total. The van der Waals surface area contributed by atoms with E-state index >= 15 is 0 Å². The van der Waals surface area contributed by atoms with E-state index in [2.05, 4.69) is 49.2 Å². The highest BCUT2D eigenvalue weighted by molar-refractivity contribution is 6.30. The zero-order valence-electron chi connectivity index (χ0n) is 15.9. The molecule has 5 rings (SSSR count). The van der Waals surface area contributed by atoms with E-state index in [4.69, 9.17) is 21.4 Å². The highest BCUT2D eigenvalue weighted by atomic mass is 35.5.